The molecule has 6 heteroatoms. The number of benzene rings is 2. The molecular formula is C14H12BrFN2O2. The Labute approximate surface area is 123 Å². The van der Waals surface area contributed by atoms with Crippen molar-refractivity contribution in [1.82, 2.24) is 5.32 Å². The summed E-state index contributed by atoms with van der Waals surface area (Å²) < 4.78 is 13.7. The SMILES string of the molecule is O=[N+]([O-])c1ccc(CNCc2cccc(F)c2)c(Br)c1. The molecule has 0 heterocycles. The van der Waals surface area contributed by atoms with Crippen LogP contribution in [-0.4, -0.2) is 4.92 Å². The Morgan fingerprint density at radius 2 is 2.00 bits per heavy atom. The van der Waals surface area contributed by atoms with Crippen molar-refractivity contribution >= 4 is 21.6 Å². The summed E-state index contributed by atoms with van der Waals surface area (Å²) in [5.74, 6) is -0.263. The number of nitrogens with zero attached hydrogens (tertiary/aromatic N) is 1. The van der Waals surface area contributed by atoms with Gasteiger partial charge in [0, 0.05) is 29.7 Å². The molecule has 0 bridgehead atoms. The van der Waals surface area contributed by atoms with Crippen LogP contribution < -0.4 is 5.32 Å². The maximum atomic E-state index is 13.0. The summed E-state index contributed by atoms with van der Waals surface area (Å²) in [6.45, 7) is 1.07. The molecule has 0 radical (unpaired) electrons. The highest BCUT2D eigenvalue weighted by Crippen LogP contribution is 2.22. The van der Waals surface area contributed by atoms with E-state index in [1.54, 1.807) is 12.1 Å². The van der Waals surface area contributed by atoms with Crippen molar-refractivity contribution in [2.75, 3.05) is 0 Å². The van der Waals surface area contributed by atoms with Gasteiger partial charge >= 0.3 is 0 Å². The largest absolute Gasteiger partial charge is 0.309 e. The van der Waals surface area contributed by atoms with E-state index in [0.717, 1.165) is 11.1 Å². The lowest BCUT2D eigenvalue weighted by atomic mass is 10.2. The molecule has 104 valence electrons. The summed E-state index contributed by atoms with van der Waals surface area (Å²) in [6, 6.07) is 11.0. The van der Waals surface area contributed by atoms with E-state index in [-0.39, 0.29) is 11.5 Å². The number of halogens is 2. The third-order valence-corrected chi connectivity index (χ3v) is 3.52. The summed E-state index contributed by atoms with van der Waals surface area (Å²) in [5, 5.41) is 13.8. The molecule has 4 nitrogen and oxygen atoms in total. The van der Waals surface area contributed by atoms with Gasteiger partial charge in [0.2, 0.25) is 0 Å². The number of nitrogens with one attached hydrogen (secondary N) is 1. The molecule has 0 spiro atoms. The molecule has 0 atom stereocenters. The Balaban J connectivity index is 1.96. The fourth-order valence-corrected chi connectivity index (χ4v) is 2.29. The van der Waals surface area contributed by atoms with Crippen LogP contribution in [0.15, 0.2) is 46.9 Å². The van der Waals surface area contributed by atoms with Crippen molar-refractivity contribution in [2.45, 2.75) is 13.1 Å². The third kappa shape index (κ3) is 3.85. The quantitative estimate of drug-likeness (QED) is 0.666. The Morgan fingerprint density at radius 3 is 2.65 bits per heavy atom. The number of hydrogen-bond acceptors (Lipinski definition) is 3. The average Bonchev–Trinajstić information content (AvgIpc) is 2.40. The van der Waals surface area contributed by atoms with Crippen LogP contribution in [0.25, 0.3) is 0 Å². The van der Waals surface area contributed by atoms with E-state index in [1.807, 2.05) is 6.07 Å². The van der Waals surface area contributed by atoms with Gasteiger partial charge in [-0.15, -0.1) is 0 Å². The van der Waals surface area contributed by atoms with Crippen molar-refractivity contribution in [3.63, 3.8) is 0 Å². The molecule has 0 aliphatic heterocycles. The maximum absolute atomic E-state index is 13.0. The predicted octanol–water partition coefficient (Wildman–Crippen LogP) is 3.79. The molecule has 20 heavy (non-hydrogen) atoms. The van der Waals surface area contributed by atoms with Gasteiger partial charge in [0.15, 0.2) is 0 Å². The highest BCUT2D eigenvalue weighted by Gasteiger charge is 2.08. The minimum absolute atomic E-state index is 0.0470. The Hall–Kier alpha value is -1.79. The molecular weight excluding hydrogens is 327 g/mol. The monoisotopic (exact) mass is 338 g/mol. The third-order valence-electron chi connectivity index (χ3n) is 2.78. The molecule has 0 saturated heterocycles. The summed E-state index contributed by atoms with van der Waals surface area (Å²) in [6.07, 6.45) is 0. The van der Waals surface area contributed by atoms with E-state index in [1.165, 1.54) is 24.3 Å². The highest BCUT2D eigenvalue weighted by atomic mass is 79.9. The van der Waals surface area contributed by atoms with E-state index in [4.69, 9.17) is 0 Å². The first-order chi connectivity index (χ1) is 9.56. The molecule has 0 aliphatic carbocycles. The zero-order valence-corrected chi connectivity index (χ0v) is 12.1. The van der Waals surface area contributed by atoms with Crippen LogP contribution >= 0.6 is 15.9 Å². The Bertz CT molecular complexity index is 634. The number of rotatable bonds is 5. The molecule has 0 aliphatic rings. The van der Waals surface area contributed by atoms with Crippen molar-refractivity contribution < 1.29 is 9.31 Å². The first kappa shape index (κ1) is 14.6. The van der Waals surface area contributed by atoms with E-state index < -0.39 is 4.92 Å². The van der Waals surface area contributed by atoms with Gasteiger partial charge in [-0.3, -0.25) is 10.1 Å². The van der Waals surface area contributed by atoms with E-state index in [0.29, 0.717) is 17.6 Å². The smallest absolute Gasteiger partial charge is 0.270 e. The lowest BCUT2D eigenvalue weighted by Crippen LogP contribution is -2.13. The second-order valence-corrected chi connectivity index (χ2v) is 5.12. The molecule has 2 aromatic carbocycles. The second-order valence-electron chi connectivity index (χ2n) is 4.27. The fraction of sp³-hybridized carbons (Fsp3) is 0.143. The Kier molecular flexibility index (Phi) is 4.81. The highest BCUT2D eigenvalue weighted by molar-refractivity contribution is 9.10. The van der Waals surface area contributed by atoms with Gasteiger partial charge in [-0.25, -0.2) is 4.39 Å². The van der Waals surface area contributed by atoms with Crippen molar-refractivity contribution in [3.05, 3.63) is 74.0 Å². The van der Waals surface area contributed by atoms with Gasteiger partial charge < -0.3 is 5.32 Å². The predicted molar refractivity (Wildman–Crippen MR) is 77.7 cm³/mol. The van der Waals surface area contributed by atoms with Crippen LogP contribution in [0.2, 0.25) is 0 Å². The molecule has 0 aromatic heterocycles. The van der Waals surface area contributed by atoms with E-state index in [9.17, 15) is 14.5 Å². The lowest BCUT2D eigenvalue weighted by Gasteiger charge is -2.07. The van der Waals surface area contributed by atoms with Crippen LogP contribution in [0.3, 0.4) is 0 Å². The average molecular weight is 339 g/mol. The van der Waals surface area contributed by atoms with Crippen LogP contribution in [0.5, 0.6) is 0 Å². The molecule has 0 amide bonds. The second kappa shape index (κ2) is 6.58. The van der Waals surface area contributed by atoms with Gasteiger partial charge in [-0.2, -0.15) is 0 Å². The van der Waals surface area contributed by atoms with Gasteiger partial charge in [0.25, 0.3) is 5.69 Å². The lowest BCUT2D eigenvalue weighted by molar-refractivity contribution is -0.384. The first-order valence-corrected chi connectivity index (χ1v) is 6.73. The van der Waals surface area contributed by atoms with E-state index >= 15 is 0 Å². The van der Waals surface area contributed by atoms with Crippen LogP contribution in [0, 0.1) is 15.9 Å². The fourth-order valence-electron chi connectivity index (χ4n) is 1.78. The van der Waals surface area contributed by atoms with Crippen molar-refractivity contribution in [1.29, 1.82) is 0 Å². The molecule has 0 saturated carbocycles. The van der Waals surface area contributed by atoms with Gasteiger partial charge in [0.1, 0.15) is 5.82 Å². The Morgan fingerprint density at radius 1 is 1.20 bits per heavy atom. The molecule has 2 rings (SSSR count). The van der Waals surface area contributed by atoms with Crippen molar-refractivity contribution in [2.24, 2.45) is 0 Å². The van der Waals surface area contributed by atoms with Gasteiger partial charge in [-0.1, -0.05) is 28.1 Å². The number of hydrogen-bond donors (Lipinski definition) is 1. The molecule has 0 unspecified atom stereocenters. The molecule has 1 N–H and O–H groups in total. The number of nitro groups is 1. The topological polar surface area (TPSA) is 55.2 Å². The van der Waals surface area contributed by atoms with Gasteiger partial charge in [0.05, 0.1) is 4.92 Å². The summed E-state index contributed by atoms with van der Waals surface area (Å²) in [5.41, 5.74) is 1.81. The first-order valence-electron chi connectivity index (χ1n) is 5.94. The maximum Gasteiger partial charge on any atom is 0.270 e. The summed E-state index contributed by atoms with van der Waals surface area (Å²) in [4.78, 5) is 10.2. The van der Waals surface area contributed by atoms with Crippen LogP contribution in [0.1, 0.15) is 11.1 Å². The molecule has 2 aromatic rings. The minimum Gasteiger partial charge on any atom is -0.309 e. The summed E-state index contributed by atoms with van der Waals surface area (Å²) >= 11 is 3.31. The molecule has 0 fully saturated rings. The van der Waals surface area contributed by atoms with Crippen molar-refractivity contribution in [3.8, 4) is 0 Å². The number of nitro benzene ring substituents is 1. The minimum atomic E-state index is -0.436. The van der Waals surface area contributed by atoms with Crippen LogP contribution in [-0.2, 0) is 13.1 Å². The standard InChI is InChI=1S/C14H12BrFN2O2/c15-14-7-13(18(19)20)5-4-11(14)9-17-8-10-2-1-3-12(16)6-10/h1-7,17H,8-9H2. The van der Waals surface area contributed by atoms with Crippen LogP contribution in [0.4, 0.5) is 10.1 Å². The normalized spacial score (nSPS) is 10.5. The zero-order valence-electron chi connectivity index (χ0n) is 10.5. The number of non-ortho nitro benzene ring substituents is 1. The van der Waals surface area contributed by atoms with E-state index in [2.05, 4.69) is 21.2 Å². The zero-order chi connectivity index (χ0) is 14.5. The summed E-state index contributed by atoms with van der Waals surface area (Å²) in [7, 11) is 0. The van der Waals surface area contributed by atoms with Gasteiger partial charge in [-0.05, 0) is 29.3 Å².